The minimum atomic E-state index is 0.603. The number of fused-ring (bicyclic) bond motifs is 1. The van der Waals surface area contributed by atoms with Crippen molar-refractivity contribution in [1.82, 2.24) is 19.8 Å². The molecule has 25 heavy (non-hydrogen) atoms. The number of halogens is 2. The minimum absolute atomic E-state index is 0.603. The molecule has 0 bridgehead atoms. The average Bonchev–Trinajstić information content (AvgIpc) is 3.20. The molecule has 2 aromatic heterocycles. The predicted molar refractivity (Wildman–Crippen MR) is 99.9 cm³/mol. The molecule has 0 amide bonds. The quantitative estimate of drug-likeness (QED) is 0.503. The van der Waals surface area contributed by atoms with Gasteiger partial charge in [0.15, 0.2) is 5.82 Å². The maximum atomic E-state index is 6.27. The number of aromatic nitrogens is 4. The van der Waals surface area contributed by atoms with Crippen molar-refractivity contribution in [3.05, 3.63) is 63.9 Å². The lowest BCUT2D eigenvalue weighted by atomic mass is 10.1. The molecular formula is C17H12Cl2N4OS. The van der Waals surface area contributed by atoms with Crippen LogP contribution in [-0.4, -0.2) is 26.9 Å². The second kappa shape index (κ2) is 6.63. The molecule has 2 aromatic carbocycles. The Morgan fingerprint density at radius 3 is 2.64 bits per heavy atom. The first-order chi connectivity index (χ1) is 12.1. The highest BCUT2D eigenvalue weighted by Gasteiger charge is 2.15. The van der Waals surface area contributed by atoms with Gasteiger partial charge < -0.3 is 4.74 Å². The van der Waals surface area contributed by atoms with E-state index in [1.54, 1.807) is 29.8 Å². The number of ether oxygens (including phenoxy) is 1. The van der Waals surface area contributed by atoms with Crippen LogP contribution in [0.1, 0.15) is 11.4 Å². The lowest BCUT2D eigenvalue weighted by Gasteiger charge is -2.02. The van der Waals surface area contributed by atoms with Gasteiger partial charge in [-0.1, -0.05) is 46.7 Å². The van der Waals surface area contributed by atoms with Crippen LogP contribution in [0.25, 0.3) is 15.5 Å². The van der Waals surface area contributed by atoms with E-state index < -0.39 is 0 Å². The van der Waals surface area contributed by atoms with Gasteiger partial charge in [-0.3, -0.25) is 0 Å². The van der Waals surface area contributed by atoms with Gasteiger partial charge in [-0.05, 0) is 35.9 Å². The SMILES string of the molecule is COc1ccc(Cc2nnc3sc(-c4cc(Cl)ccc4Cl)nn23)cc1. The first-order valence-corrected chi connectivity index (χ1v) is 9.01. The van der Waals surface area contributed by atoms with Gasteiger partial charge in [0.2, 0.25) is 4.96 Å². The molecular weight excluding hydrogens is 379 g/mol. The normalized spacial score (nSPS) is 11.2. The van der Waals surface area contributed by atoms with E-state index in [4.69, 9.17) is 27.9 Å². The summed E-state index contributed by atoms with van der Waals surface area (Å²) >= 11 is 13.8. The van der Waals surface area contributed by atoms with Crippen LogP contribution >= 0.6 is 34.5 Å². The Morgan fingerprint density at radius 2 is 1.88 bits per heavy atom. The van der Waals surface area contributed by atoms with E-state index in [1.807, 2.05) is 24.3 Å². The standard InChI is InChI=1S/C17H12Cl2N4OS/c1-24-12-5-2-10(3-6-12)8-15-20-21-17-23(15)22-16(25-17)13-9-11(18)4-7-14(13)19/h2-7,9H,8H2,1H3. The summed E-state index contributed by atoms with van der Waals surface area (Å²) in [4.78, 5) is 0.717. The van der Waals surface area contributed by atoms with E-state index >= 15 is 0 Å². The smallest absolute Gasteiger partial charge is 0.234 e. The number of nitrogens with zero attached hydrogens (tertiary/aromatic N) is 4. The number of methoxy groups -OCH3 is 1. The number of benzene rings is 2. The van der Waals surface area contributed by atoms with Crippen LogP contribution in [0.2, 0.25) is 10.0 Å². The van der Waals surface area contributed by atoms with Crippen molar-refractivity contribution in [1.29, 1.82) is 0 Å². The van der Waals surface area contributed by atoms with Gasteiger partial charge in [0.1, 0.15) is 10.8 Å². The van der Waals surface area contributed by atoms with Gasteiger partial charge in [-0.25, -0.2) is 0 Å². The fourth-order valence-corrected chi connectivity index (χ4v) is 3.79. The van der Waals surface area contributed by atoms with Crippen LogP contribution in [0, 0.1) is 0 Å². The topological polar surface area (TPSA) is 52.3 Å². The van der Waals surface area contributed by atoms with Crippen molar-refractivity contribution < 1.29 is 4.74 Å². The van der Waals surface area contributed by atoms with Gasteiger partial charge in [0, 0.05) is 17.0 Å². The summed E-state index contributed by atoms with van der Waals surface area (Å²) in [6.45, 7) is 0. The first-order valence-electron chi connectivity index (χ1n) is 7.43. The maximum Gasteiger partial charge on any atom is 0.234 e. The predicted octanol–water partition coefficient (Wildman–Crippen LogP) is 4.76. The zero-order chi connectivity index (χ0) is 17.4. The Balaban J connectivity index is 1.69. The first kappa shape index (κ1) is 16.3. The maximum absolute atomic E-state index is 6.27. The van der Waals surface area contributed by atoms with E-state index in [0.717, 1.165) is 32.7 Å². The minimum Gasteiger partial charge on any atom is -0.497 e. The highest BCUT2D eigenvalue weighted by molar-refractivity contribution is 7.19. The third kappa shape index (κ3) is 3.20. The van der Waals surface area contributed by atoms with Gasteiger partial charge in [0.05, 0.1) is 12.1 Å². The average molecular weight is 391 g/mol. The molecule has 0 aliphatic carbocycles. The highest BCUT2D eigenvalue weighted by atomic mass is 35.5. The summed E-state index contributed by atoms with van der Waals surface area (Å²) in [7, 11) is 1.65. The molecule has 4 rings (SSSR count). The van der Waals surface area contributed by atoms with E-state index in [-0.39, 0.29) is 0 Å². The summed E-state index contributed by atoms with van der Waals surface area (Å²) in [6, 6.07) is 13.2. The van der Waals surface area contributed by atoms with Crippen molar-refractivity contribution in [3.8, 4) is 16.3 Å². The Morgan fingerprint density at radius 1 is 1.08 bits per heavy atom. The number of hydrogen-bond donors (Lipinski definition) is 0. The Bertz CT molecular complexity index is 1040. The fraction of sp³-hybridized carbons (Fsp3) is 0.118. The fourth-order valence-electron chi connectivity index (χ4n) is 2.46. The molecule has 8 heteroatoms. The molecule has 0 saturated heterocycles. The van der Waals surface area contributed by atoms with Crippen molar-refractivity contribution in [3.63, 3.8) is 0 Å². The second-order valence-electron chi connectivity index (χ2n) is 5.37. The van der Waals surface area contributed by atoms with Gasteiger partial charge in [0.25, 0.3) is 0 Å². The monoisotopic (exact) mass is 390 g/mol. The van der Waals surface area contributed by atoms with Gasteiger partial charge in [-0.15, -0.1) is 10.2 Å². The Hall–Kier alpha value is -2.15. The molecule has 0 unspecified atom stereocenters. The molecule has 0 aliphatic heterocycles. The van der Waals surface area contributed by atoms with Crippen LogP contribution < -0.4 is 4.74 Å². The van der Waals surface area contributed by atoms with Crippen molar-refractivity contribution in [2.45, 2.75) is 6.42 Å². The van der Waals surface area contributed by atoms with Crippen LogP contribution in [0.15, 0.2) is 42.5 Å². The van der Waals surface area contributed by atoms with Crippen LogP contribution in [0.5, 0.6) is 5.75 Å². The Kier molecular flexibility index (Phi) is 4.33. The van der Waals surface area contributed by atoms with Gasteiger partial charge in [-0.2, -0.15) is 9.61 Å². The third-order valence-corrected chi connectivity index (χ3v) is 5.23. The molecule has 126 valence electrons. The largest absolute Gasteiger partial charge is 0.497 e. The van der Waals surface area contributed by atoms with Crippen LogP contribution in [0.4, 0.5) is 0 Å². The lowest BCUT2D eigenvalue weighted by molar-refractivity contribution is 0.414. The van der Waals surface area contributed by atoms with E-state index in [9.17, 15) is 0 Å². The molecule has 0 fully saturated rings. The lowest BCUT2D eigenvalue weighted by Crippen LogP contribution is -1.98. The van der Waals surface area contributed by atoms with E-state index in [1.165, 1.54) is 11.3 Å². The highest BCUT2D eigenvalue weighted by Crippen LogP contribution is 2.33. The molecule has 0 N–H and O–H groups in total. The van der Waals surface area contributed by atoms with Crippen molar-refractivity contribution in [2.24, 2.45) is 0 Å². The van der Waals surface area contributed by atoms with Crippen molar-refractivity contribution >= 4 is 39.5 Å². The summed E-state index contributed by atoms with van der Waals surface area (Å²) in [5.74, 6) is 1.59. The molecule has 0 radical (unpaired) electrons. The number of hydrogen-bond acceptors (Lipinski definition) is 5. The summed E-state index contributed by atoms with van der Waals surface area (Å²) < 4.78 is 6.93. The molecule has 0 saturated carbocycles. The van der Waals surface area contributed by atoms with E-state index in [2.05, 4.69) is 15.3 Å². The summed E-state index contributed by atoms with van der Waals surface area (Å²) in [5.41, 5.74) is 1.89. The molecule has 4 aromatic rings. The summed E-state index contributed by atoms with van der Waals surface area (Å²) in [6.07, 6.45) is 0.623. The van der Waals surface area contributed by atoms with Gasteiger partial charge >= 0.3 is 0 Å². The molecule has 0 atom stereocenters. The summed E-state index contributed by atoms with van der Waals surface area (Å²) in [5, 5.41) is 15.0. The molecule has 2 heterocycles. The van der Waals surface area contributed by atoms with Crippen molar-refractivity contribution in [2.75, 3.05) is 7.11 Å². The third-order valence-electron chi connectivity index (χ3n) is 3.74. The molecule has 0 aliphatic rings. The zero-order valence-corrected chi connectivity index (χ0v) is 15.4. The number of rotatable bonds is 4. The molecule has 5 nitrogen and oxygen atoms in total. The zero-order valence-electron chi connectivity index (χ0n) is 13.1. The second-order valence-corrected chi connectivity index (χ2v) is 7.17. The van der Waals surface area contributed by atoms with Crippen LogP contribution in [0.3, 0.4) is 0 Å². The van der Waals surface area contributed by atoms with Crippen LogP contribution in [-0.2, 0) is 6.42 Å². The molecule has 0 spiro atoms. The Labute approximate surface area is 157 Å². The van der Waals surface area contributed by atoms with E-state index in [0.29, 0.717) is 16.5 Å².